The molecule has 3 nitrogen and oxygen atoms in total. The molecule has 92 valence electrons. The van der Waals surface area contributed by atoms with E-state index in [0.29, 0.717) is 24.3 Å². The number of halogens is 1. The summed E-state index contributed by atoms with van der Waals surface area (Å²) in [5, 5.41) is 11.9. The molecule has 0 aliphatic rings. The van der Waals surface area contributed by atoms with Gasteiger partial charge in [0.2, 0.25) is 0 Å². The van der Waals surface area contributed by atoms with Crippen LogP contribution in [0.2, 0.25) is 0 Å². The minimum atomic E-state index is -0.301. The van der Waals surface area contributed by atoms with Gasteiger partial charge >= 0.3 is 0 Å². The van der Waals surface area contributed by atoms with Crippen molar-refractivity contribution in [1.29, 1.82) is 5.26 Å². The molecular formula is C13H17FN2O. The first-order valence-electron chi connectivity index (χ1n) is 5.41. The second-order valence-corrected chi connectivity index (χ2v) is 4.59. The number of nitrogens with one attached hydrogen (secondary N) is 1. The molecule has 0 fully saturated rings. The predicted molar refractivity (Wildman–Crippen MR) is 63.9 cm³/mol. The number of nitrogens with zero attached hydrogens (tertiary/aromatic N) is 1. The summed E-state index contributed by atoms with van der Waals surface area (Å²) in [6, 6.07) is 6.35. The van der Waals surface area contributed by atoms with Gasteiger partial charge in [-0.2, -0.15) is 5.26 Å². The van der Waals surface area contributed by atoms with Crippen LogP contribution in [0.15, 0.2) is 18.2 Å². The molecule has 17 heavy (non-hydrogen) atoms. The Kier molecular flexibility index (Phi) is 4.62. The molecule has 0 bridgehead atoms. The average molecular weight is 236 g/mol. The van der Waals surface area contributed by atoms with Crippen LogP contribution in [0.3, 0.4) is 0 Å². The van der Waals surface area contributed by atoms with Crippen LogP contribution in [0.25, 0.3) is 0 Å². The van der Waals surface area contributed by atoms with E-state index in [1.54, 1.807) is 13.2 Å². The maximum Gasteiger partial charge on any atom is 0.127 e. The zero-order valence-electron chi connectivity index (χ0n) is 10.4. The van der Waals surface area contributed by atoms with E-state index in [0.717, 1.165) is 0 Å². The van der Waals surface area contributed by atoms with Crippen LogP contribution in [-0.4, -0.2) is 19.3 Å². The van der Waals surface area contributed by atoms with Crippen LogP contribution in [0.1, 0.15) is 25.0 Å². The van der Waals surface area contributed by atoms with E-state index in [2.05, 4.69) is 5.32 Å². The van der Waals surface area contributed by atoms with Crippen LogP contribution in [-0.2, 0) is 11.3 Å². The molecule has 0 saturated heterocycles. The van der Waals surface area contributed by atoms with Gasteiger partial charge in [-0.15, -0.1) is 0 Å². The molecular weight excluding hydrogens is 219 g/mol. The highest BCUT2D eigenvalue weighted by molar-refractivity contribution is 5.33. The highest BCUT2D eigenvalue weighted by Gasteiger charge is 2.17. The van der Waals surface area contributed by atoms with E-state index in [1.807, 2.05) is 19.9 Å². The molecule has 4 heteroatoms. The highest BCUT2D eigenvalue weighted by Crippen LogP contribution is 2.12. The van der Waals surface area contributed by atoms with Gasteiger partial charge in [0.15, 0.2) is 0 Å². The van der Waals surface area contributed by atoms with Gasteiger partial charge in [0.05, 0.1) is 18.2 Å². The summed E-state index contributed by atoms with van der Waals surface area (Å²) in [5.74, 6) is -0.301. The number of ether oxygens (including phenoxy) is 1. The SMILES string of the molecule is COCC(C)(C)NCc1cc(C#N)ccc1F. The van der Waals surface area contributed by atoms with Crippen molar-refractivity contribution < 1.29 is 9.13 Å². The van der Waals surface area contributed by atoms with Crippen molar-refractivity contribution in [3.05, 3.63) is 35.1 Å². The minimum absolute atomic E-state index is 0.232. The maximum atomic E-state index is 13.5. The molecule has 0 atom stereocenters. The second kappa shape index (κ2) is 5.76. The zero-order chi connectivity index (χ0) is 12.9. The molecule has 0 aromatic heterocycles. The second-order valence-electron chi connectivity index (χ2n) is 4.59. The fourth-order valence-corrected chi connectivity index (χ4v) is 1.53. The van der Waals surface area contributed by atoms with Crippen molar-refractivity contribution in [3.63, 3.8) is 0 Å². The Morgan fingerprint density at radius 2 is 2.18 bits per heavy atom. The highest BCUT2D eigenvalue weighted by atomic mass is 19.1. The lowest BCUT2D eigenvalue weighted by Gasteiger charge is -2.25. The van der Waals surface area contributed by atoms with Gasteiger partial charge in [-0.1, -0.05) is 0 Å². The summed E-state index contributed by atoms with van der Waals surface area (Å²) in [7, 11) is 1.63. The normalized spacial score (nSPS) is 11.2. The van der Waals surface area contributed by atoms with Crippen LogP contribution in [0.4, 0.5) is 4.39 Å². The standard InChI is InChI=1S/C13H17FN2O/c1-13(2,9-17-3)16-8-11-6-10(7-15)4-5-12(11)14/h4-6,16H,8-9H2,1-3H3. The number of methoxy groups -OCH3 is 1. The molecule has 1 aromatic rings. The first-order chi connectivity index (χ1) is 7.98. The lowest BCUT2D eigenvalue weighted by molar-refractivity contribution is 0.127. The van der Waals surface area contributed by atoms with E-state index in [1.165, 1.54) is 12.1 Å². The maximum absolute atomic E-state index is 13.5. The molecule has 1 aromatic carbocycles. The van der Waals surface area contributed by atoms with Crippen molar-refractivity contribution in [1.82, 2.24) is 5.32 Å². The fraction of sp³-hybridized carbons (Fsp3) is 0.462. The van der Waals surface area contributed by atoms with Crippen molar-refractivity contribution in [2.24, 2.45) is 0 Å². The first kappa shape index (κ1) is 13.6. The molecule has 0 saturated carbocycles. The quantitative estimate of drug-likeness (QED) is 0.852. The molecule has 0 aliphatic carbocycles. The molecule has 1 rings (SSSR count). The van der Waals surface area contributed by atoms with E-state index >= 15 is 0 Å². The number of rotatable bonds is 5. The molecule has 0 spiro atoms. The summed E-state index contributed by atoms with van der Waals surface area (Å²) in [5.41, 5.74) is 0.727. The van der Waals surface area contributed by atoms with E-state index in [4.69, 9.17) is 10.00 Å². The third kappa shape index (κ3) is 4.14. The Morgan fingerprint density at radius 1 is 1.47 bits per heavy atom. The van der Waals surface area contributed by atoms with Gasteiger partial charge in [0.1, 0.15) is 5.82 Å². The van der Waals surface area contributed by atoms with Crippen molar-refractivity contribution >= 4 is 0 Å². The third-order valence-electron chi connectivity index (χ3n) is 2.44. The van der Waals surface area contributed by atoms with Gasteiger partial charge < -0.3 is 10.1 Å². The lowest BCUT2D eigenvalue weighted by atomic mass is 10.1. The number of hydrogen-bond donors (Lipinski definition) is 1. The largest absolute Gasteiger partial charge is 0.383 e. The molecule has 0 unspecified atom stereocenters. The van der Waals surface area contributed by atoms with Crippen molar-refractivity contribution in [2.45, 2.75) is 25.9 Å². The summed E-state index contributed by atoms with van der Waals surface area (Å²) < 4.78 is 18.5. The fourth-order valence-electron chi connectivity index (χ4n) is 1.53. The van der Waals surface area contributed by atoms with Crippen LogP contribution in [0, 0.1) is 17.1 Å². The van der Waals surface area contributed by atoms with E-state index in [9.17, 15) is 4.39 Å². The summed E-state index contributed by atoms with van der Waals surface area (Å²) >= 11 is 0. The number of nitriles is 1. The monoisotopic (exact) mass is 236 g/mol. The van der Waals surface area contributed by atoms with Crippen LogP contribution >= 0.6 is 0 Å². The summed E-state index contributed by atoms with van der Waals surface area (Å²) in [4.78, 5) is 0. The Bertz CT molecular complexity index is 424. The van der Waals surface area contributed by atoms with Gasteiger partial charge in [0, 0.05) is 24.8 Å². The summed E-state index contributed by atoms with van der Waals surface area (Å²) in [6.45, 7) is 4.86. The van der Waals surface area contributed by atoms with Crippen LogP contribution in [0.5, 0.6) is 0 Å². The van der Waals surface area contributed by atoms with Gasteiger partial charge in [-0.3, -0.25) is 0 Å². The molecule has 1 N–H and O–H groups in total. The number of hydrogen-bond acceptors (Lipinski definition) is 3. The van der Waals surface area contributed by atoms with E-state index < -0.39 is 0 Å². The topological polar surface area (TPSA) is 45.0 Å². The lowest BCUT2D eigenvalue weighted by Crippen LogP contribution is -2.42. The smallest absolute Gasteiger partial charge is 0.127 e. The predicted octanol–water partition coefficient (Wildman–Crippen LogP) is 2.21. The van der Waals surface area contributed by atoms with Crippen molar-refractivity contribution in [2.75, 3.05) is 13.7 Å². The van der Waals surface area contributed by atoms with Gasteiger partial charge in [-0.25, -0.2) is 4.39 Å². The average Bonchev–Trinajstić information content (AvgIpc) is 2.28. The Hall–Kier alpha value is -1.44. The number of benzene rings is 1. The Morgan fingerprint density at radius 3 is 2.76 bits per heavy atom. The molecule has 0 aliphatic heterocycles. The van der Waals surface area contributed by atoms with Gasteiger partial charge in [-0.05, 0) is 32.0 Å². The van der Waals surface area contributed by atoms with Crippen LogP contribution < -0.4 is 5.32 Å². The first-order valence-corrected chi connectivity index (χ1v) is 5.41. The van der Waals surface area contributed by atoms with Gasteiger partial charge in [0.25, 0.3) is 0 Å². The minimum Gasteiger partial charge on any atom is -0.383 e. The summed E-state index contributed by atoms with van der Waals surface area (Å²) in [6.07, 6.45) is 0. The van der Waals surface area contributed by atoms with Crippen molar-refractivity contribution in [3.8, 4) is 6.07 Å². The zero-order valence-corrected chi connectivity index (χ0v) is 10.4. The Labute approximate surface area is 101 Å². The van der Waals surface area contributed by atoms with E-state index in [-0.39, 0.29) is 11.4 Å². The Balaban J connectivity index is 2.72. The molecule has 0 amide bonds. The molecule has 0 radical (unpaired) electrons. The molecule has 0 heterocycles. The third-order valence-corrected chi connectivity index (χ3v) is 2.44.